The van der Waals surface area contributed by atoms with Crippen LogP contribution in [0.15, 0.2) is 66.7 Å². The zero-order chi connectivity index (χ0) is 25.1. The number of nitrogens with zero attached hydrogens (tertiary/aromatic N) is 1. The fourth-order valence-corrected chi connectivity index (χ4v) is 3.60. The molecular weight excluding hydrogens is 458 g/mol. The molecule has 0 aliphatic heterocycles. The number of carbonyl (C=O) groups excluding carboxylic acids is 4. The summed E-state index contributed by atoms with van der Waals surface area (Å²) < 4.78 is 32.4. The summed E-state index contributed by atoms with van der Waals surface area (Å²) in [7, 11) is 0. The second-order valence-electron chi connectivity index (χ2n) is 7.74. The predicted octanol–water partition coefficient (Wildman–Crippen LogP) is 4.44. The van der Waals surface area contributed by atoms with E-state index in [9.17, 15) is 28.0 Å². The highest BCUT2D eigenvalue weighted by molar-refractivity contribution is 6.20. The molecule has 3 aromatic carbocycles. The Morgan fingerprint density at radius 3 is 2.20 bits per heavy atom. The highest BCUT2D eigenvalue weighted by Gasteiger charge is 2.34. The van der Waals surface area contributed by atoms with E-state index in [2.05, 4.69) is 9.97 Å². The Labute approximate surface area is 197 Å². The van der Waals surface area contributed by atoms with Gasteiger partial charge in [-0.1, -0.05) is 30.3 Å². The number of rotatable bonds is 8. The number of Topliss-reactive ketones (excluding diaryl/α,β-unsaturated/α-hetero) is 3. The topological polar surface area (TPSA) is 106 Å². The van der Waals surface area contributed by atoms with Crippen LogP contribution in [-0.4, -0.2) is 39.9 Å². The van der Waals surface area contributed by atoms with Crippen molar-refractivity contribution in [2.45, 2.75) is 12.8 Å². The van der Waals surface area contributed by atoms with E-state index in [1.165, 1.54) is 24.3 Å². The van der Waals surface area contributed by atoms with Gasteiger partial charge in [0.1, 0.15) is 23.4 Å². The molecule has 0 saturated heterocycles. The molecule has 1 N–H and O–H groups in total. The lowest BCUT2D eigenvalue weighted by atomic mass is 9.88. The molecule has 176 valence electrons. The first-order valence-corrected chi connectivity index (χ1v) is 10.5. The van der Waals surface area contributed by atoms with Gasteiger partial charge < -0.3 is 9.72 Å². The van der Waals surface area contributed by atoms with Crippen molar-refractivity contribution in [2.24, 2.45) is 0 Å². The number of aromatic nitrogens is 2. The lowest BCUT2D eigenvalue weighted by Gasteiger charge is -2.14. The number of ketones is 3. The summed E-state index contributed by atoms with van der Waals surface area (Å²) in [5.74, 6) is -6.31. The van der Waals surface area contributed by atoms with E-state index in [4.69, 9.17) is 4.74 Å². The average molecular weight is 476 g/mol. The Kier molecular flexibility index (Phi) is 6.59. The fourth-order valence-electron chi connectivity index (χ4n) is 3.60. The number of para-hydroxylation sites is 2. The molecule has 0 radical (unpaired) electrons. The van der Waals surface area contributed by atoms with Crippen molar-refractivity contribution >= 4 is 34.4 Å². The first-order chi connectivity index (χ1) is 16.7. The Morgan fingerprint density at radius 2 is 1.51 bits per heavy atom. The Bertz CT molecular complexity index is 1420. The molecule has 0 bridgehead atoms. The average Bonchev–Trinajstić information content (AvgIpc) is 3.25. The number of esters is 1. The van der Waals surface area contributed by atoms with E-state index >= 15 is 0 Å². The molecule has 1 unspecified atom stereocenters. The van der Waals surface area contributed by atoms with E-state index < -0.39 is 47.5 Å². The van der Waals surface area contributed by atoms with E-state index in [0.29, 0.717) is 17.1 Å². The second-order valence-corrected chi connectivity index (χ2v) is 7.74. The van der Waals surface area contributed by atoms with Gasteiger partial charge in [0.25, 0.3) is 0 Å². The quantitative estimate of drug-likeness (QED) is 0.229. The highest BCUT2D eigenvalue weighted by atomic mass is 19.1. The number of nitrogens with one attached hydrogen (secondary N) is 1. The lowest BCUT2D eigenvalue weighted by molar-refractivity contribution is -0.139. The maximum absolute atomic E-state index is 13.8. The lowest BCUT2D eigenvalue weighted by Crippen LogP contribution is -2.24. The molecule has 4 rings (SSSR count). The smallest absolute Gasteiger partial charge is 0.303 e. The Hall–Kier alpha value is -4.53. The fraction of sp³-hybridized carbons (Fsp3) is 0.115. The van der Waals surface area contributed by atoms with E-state index in [1.807, 2.05) is 0 Å². The van der Waals surface area contributed by atoms with Crippen LogP contribution in [0.2, 0.25) is 0 Å². The SMILES string of the molecule is CC(=O)OCC(=O)c1cccc(C(=O)C(C(=O)c2cc(F)cc(F)c2)c2nc3ccccc3[nH]2)c1. The van der Waals surface area contributed by atoms with Crippen LogP contribution in [-0.2, 0) is 9.53 Å². The van der Waals surface area contributed by atoms with Gasteiger partial charge in [-0.15, -0.1) is 0 Å². The molecule has 0 saturated carbocycles. The van der Waals surface area contributed by atoms with Crippen molar-refractivity contribution in [3.63, 3.8) is 0 Å². The van der Waals surface area contributed by atoms with Gasteiger partial charge in [-0.05, 0) is 30.3 Å². The number of hydrogen-bond acceptors (Lipinski definition) is 6. The minimum absolute atomic E-state index is 0.00523. The third-order valence-corrected chi connectivity index (χ3v) is 5.23. The van der Waals surface area contributed by atoms with Crippen LogP contribution >= 0.6 is 0 Å². The summed E-state index contributed by atoms with van der Waals surface area (Å²) >= 11 is 0. The largest absolute Gasteiger partial charge is 0.457 e. The molecule has 1 heterocycles. The summed E-state index contributed by atoms with van der Waals surface area (Å²) in [5.41, 5.74) is 0.787. The minimum atomic E-state index is -1.57. The molecule has 9 heteroatoms. The van der Waals surface area contributed by atoms with Gasteiger partial charge in [0.05, 0.1) is 11.0 Å². The number of ether oxygens (including phenoxy) is 1. The molecule has 0 fully saturated rings. The summed E-state index contributed by atoms with van der Waals surface area (Å²) in [6.45, 7) is 0.646. The zero-order valence-corrected chi connectivity index (χ0v) is 18.4. The summed E-state index contributed by atoms with van der Waals surface area (Å²) in [5, 5.41) is 0. The van der Waals surface area contributed by atoms with Gasteiger partial charge in [-0.3, -0.25) is 19.2 Å². The van der Waals surface area contributed by atoms with Crippen molar-refractivity contribution in [2.75, 3.05) is 6.61 Å². The molecule has 0 spiro atoms. The van der Waals surface area contributed by atoms with Crippen LogP contribution in [0.4, 0.5) is 8.78 Å². The molecule has 35 heavy (non-hydrogen) atoms. The van der Waals surface area contributed by atoms with Crippen LogP contribution in [0.5, 0.6) is 0 Å². The number of carbonyl (C=O) groups is 4. The van der Waals surface area contributed by atoms with Crippen LogP contribution in [0.1, 0.15) is 49.7 Å². The van der Waals surface area contributed by atoms with Gasteiger partial charge in [0.2, 0.25) is 0 Å². The van der Waals surface area contributed by atoms with Crippen molar-refractivity contribution in [1.82, 2.24) is 9.97 Å². The number of hydrogen-bond donors (Lipinski definition) is 1. The molecule has 0 aliphatic rings. The van der Waals surface area contributed by atoms with E-state index in [0.717, 1.165) is 19.1 Å². The van der Waals surface area contributed by atoms with Crippen LogP contribution in [0.3, 0.4) is 0 Å². The third-order valence-electron chi connectivity index (χ3n) is 5.23. The van der Waals surface area contributed by atoms with Crippen LogP contribution < -0.4 is 0 Å². The number of aromatic amines is 1. The minimum Gasteiger partial charge on any atom is -0.457 e. The van der Waals surface area contributed by atoms with Crippen LogP contribution in [0, 0.1) is 11.6 Å². The number of imidazole rings is 1. The van der Waals surface area contributed by atoms with Crippen molar-refractivity contribution in [3.05, 3.63) is 101 Å². The first kappa shape index (κ1) is 23.6. The standard InChI is InChI=1S/C26H18F2N2O5/c1-14(31)35-13-22(32)15-5-4-6-16(9-15)24(33)23(25(34)17-10-18(27)12-19(28)11-17)26-29-20-7-2-3-8-21(20)30-26/h2-12,23H,13H2,1H3,(H,29,30). The number of benzene rings is 3. The Morgan fingerprint density at radius 1 is 0.857 bits per heavy atom. The number of H-pyrrole nitrogens is 1. The number of fused-ring (bicyclic) bond motifs is 1. The summed E-state index contributed by atoms with van der Waals surface area (Å²) in [6.07, 6.45) is 0. The summed E-state index contributed by atoms with van der Waals surface area (Å²) in [4.78, 5) is 57.6. The van der Waals surface area contributed by atoms with Gasteiger partial charge in [-0.2, -0.15) is 0 Å². The summed E-state index contributed by atoms with van der Waals surface area (Å²) in [6, 6.07) is 14.7. The highest BCUT2D eigenvalue weighted by Crippen LogP contribution is 2.27. The predicted molar refractivity (Wildman–Crippen MR) is 121 cm³/mol. The monoisotopic (exact) mass is 476 g/mol. The normalized spacial score (nSPS) is 11.7. The molecular formula is C26H18F2N2O5. The molecule has 0 amide bonds. The van der Waals surface area contributed by atoms with Gasteiger partial charge in [-0.25, -0.2) is 13.8 Å². The van der Waals surface area contributed by atoms with Crippen molar-refractivity contribution in [1.29, 1.82) is 0 Å². The molecule has 7 nitrogen and oxygen atoms in total. The molecule has 0 aliphatic carbocycles. The molecule has 1 aromatic heterocycles. The second kappa shape index (κ2) is 9.76. The van der Waals surface area contributed by atoms with Gasteiger partial charge in [0.15, 0.2) is 24.0 Å². The maximum atomic E-state index is 13.8. The first-order valence-electron chi connectivity index (χ1n) is 10.5. The zero-order valence-electron chi connectivity index (χ0n) is 18.4. The van der Waals surface area contributed by atoms with Crippen molar-refractivity contribution in [3.8, 4) is 0 Å². The third kappa shape index (κ3) is 5.19. The van der Waals surface area contributed by atoms with E-state index in [-0.39, 0.29) is 22.5 Å². The number of halogens is 2. The Balaban J connectivity index is 1.77. The molecule has 4 aromatic rings. The van der Waals surface area contributed by atoms with Gasteiger partial charge >= 0.3 is 5.97 Å². The van der Waals surface area contributed by atoms with Gasteiger partial charge in [0, 0.05) is 29.7 Å². The molecule has 1 atom stereocenters. The maximum Gasteiger partial charge on any atom is 0.303 e. The van der Waals surface area contributed by atoms with Crippen LogP contribution in [0.25, 0.3) is 11.0 Å². The van der Waals surface area contributed by atoms with E-state index in [1.54, 1.807) is 24.3 Å². The van der Waals surface area contributed by atoms with Crippen molar-refractivity contribution < 1.29 is 32.7 Å².